The second kappa shape index (κ2) is 7.72. The van der Waals surface area contributed by atoms with Crippen LogP contribution in [-0.2, 0) is 21.4 Å². The number of rotatable bonds is 4. The number of sulfonamides is 1. The number of nitrogens with zero attached hydrogens (tertiary/aromatic N) is 2. The number of benzene rings is 2. The Labute approximate surface area is 171 Å². The zero-order chi connectivity index (χ0) is 20.6. The number of hydrogen-bond donors (Lipinski definition) is 0. The van der Waals surface area contributed by atoms with Crippen molar-refractivity contribution in [2.75, 3.05) is 25.1 Å². The fraction of sp³-hybridized carbons (Fsp3) is 0.350. The molecule has 0 N–H and O–H groups in total. The SMILES string of the molecule is [B]c1ccc2c(c1)COC(=O)N2C1CCN(S(=O)(=O)c2cccc(OC)c2)CC1. The molecule has 0 saturated carbocycles. The van der Waals surface area contributed by atoms with Gasteiger partial charge in [-0.1, -0.05) is 23.7 Å². The number of cyclic esters (lactones) is 1. The maximum atomic E-state index is 13.0. The fourth-order valence-electron chi connectivity index (χ4n) is 3.86. The molecule has 4 rings (SSSR count). The number of ether oxygens (including phenoxy) is 2. The van der Waals surface area contributed by atoms with Crippen LogP contribution in [0.2, 0.25) is 0 Å². The van der Waals surface area contributed by atoms with E-state index in [1.807, 2.05) is 6.07 Å². The molecule has 150 valence electrons. The van der Waals surface area contributed by atoms with Crippen molar-refractivity contribution in [3.05, 3.63) is 48.0 Å². The van der Waals surface area contributed by atoms with E-state index in [4.69, 9.17) is 17.3 Å². The Morgan fingerprint density at radius 1 is 1.14 bits per heavy atom. The summed E-state index contributed by atoms with van der Waals surface area (Å²) in [6.07, 6.45) is 0.626. The van der Waals surface area contributed by atoms with Crippen molar-refractivity contribution in [1.29, 1.82) is 0 Å². The molecule has 1 amide bonds. The Hall–Kier alpha value is -2.52. The average Bonchev–Trinajstić information content (AvgIpc) is 2.74. The van der Waals surface area contributed by atoms with E-state index in [0.717, 1.165) is 11.3 Å². The van der Waals surface area contributed by atoms with Crippen LogP contribution in [0, 0.1) is 0 Å². The second-order valence-corrected chi connectivity index (χ2v) is 9.06. The molecule has 2 heterocycles. The van der Waals surface area contributed by atoms with Crippen LogP contribution in [0.1, 0.15) is 18.4 Å². The normalized spacial score (nSPS) is 18.2. The van der Waals surface area contributed by atoms with E-state index in [1.165, 1.54) is 17.5 Å². The quantitative estimate of drug-likeness (QED) is 0.716. The van der Waals surface area contributed by atoms with Crippen LogP contribution < -0.4 is 15.1 Å². The fourth-order valence-corrected chi connectivity index (χ4v) is 5.37. The number of carbonyl (C=O) groups excluding carboxylic acids is 1. The zero-order valence-electron chi connectivity index (χ0n) is 16.1. The molecule has 0 unspecified atom stereocenters. The number of carbonyl (C=O) groups is 1. The summed E-state index contributed by atoms with van der Waals surface area (Å²) in [5, 5.41) is 0. The number of amides is 1. The summed E-state index contributed by atoms with van der Waals surface area (Å²) in [6, 6.07) is 11.7. The molecule has 2 aliphatic rings. The van der Waals surface area contributed by atoms with E-state index < -0.39 is 16.1 Å². The van der Waals surface area contributed by atoms with Gasteiger partial charge in [0.05, 0.1) is 17.7 Å². The first-order chi connectivity index (χ1) is 13.9. The standard InChI is InChI=1S/C20H21BN2O5S/c1-27-17-3-2-4-18(12-17)29(25,26)22-9-7-16(8-10-22)23-19-6-5-15(21)11-14(19)13-28-20(23)24/h2-6,11-12,16H,7-10,13H2,1H3. The summed E-state index contributed by atoms with van der Waals surface area (Å²) < 4.78 is 37.9. The third-order valence-electron chi connectivity index (χ3n) is 5.38. The lowest BCUT2D eigenvalue weighted by Gasteiger charge is -2.39. The average molecular weight is 412 g/mol. The maximum Gasteiger partial charge on any atom is 0.414 e. The molecule has 0 aromatic heterocycles. The lowest BCUT2D eigenvalue weighted by atomic mass is 9.92. The van der Waals surface area contributed by atoms with Gasteiger partial charge in [0, 0.05) is 30.8 Å². The van der Waals surface area contributed by atoms with Gasteiger partial charge in [-0.15, -0.1) is 0 Å². The molecular formula is C20H21BN2O5S. The largest absolute Gasteiger partial charge is 0.497 e. The molecule has 0 atom stereocenters. The Kier molecular flexibility index (Phi) is 5.27. The summed E-state index contributed by atoms with van der Waals surface area (Å²) in [5.74, 6) is 0.493. The molecule has 2 aliphatic heterocycles. The Morgan fingerprint density at radius 3 is 2.62 bits per heavy atom. The van der Waals surface area contributed by atoms with Crippen molar-refractivity contribution in [1.82, 2.24) is 4.31 Å². The molecule has 2 aromatic carbocycles. The van der Waals surface area contributed by atoms with Crippen LogP contribution in [0.25, 0.3) is 0 Å². The van der Waals surface area contributed by atoms with E-state index in [0.29, 0.717) is 37.1 Å². The number of anilines is 1. The summed E-state index contributed by atoms with van der Waals surface area (Å²) in [4.78, 5) is 14.3. The van der Waals surface area contributed by atoms with Crippen molar-refractivity contribution in [2.45, 2.75) is 30.4 Å². The van der Waals surface area contributed by atoms with Gasteiger partial charge in [-0.3, -0.25) is 4.90 Å². The van der Waals surface area contributed by atoms with Crippen LogP contribution in [0.4, 0.5) is 10.5 Å². The predicted octanol–water partition coefficient (Wildman–Crippen LogP) is 1.80. The van der Waals surface area contributed by atoms with Gasteiger partial charge < -0.3 is 9.47 Å². The van der Waals surface area contributed by atoms with E-state index >= 15 is 0 Å². The van der Waals surface area contributed by atoms with E-state index in [9.17, 15) is 13.2 Å². The van der Waals surface area contributed by atoms with Gasteiger partial charge >= 0.3 is 6.09 Å². The Bertz CT molecular complexity index is 1030. The molecule has 0 spiro atoms. The highest BCUT2D eigenvalue weighted by atomic mass is 32.2. The minimum Gasteiger partial charge on any atom is -0.497 e. The van der Waals surface area contributed by atoms with Gasteiger partial charge in [0.25, 0.3) is 0 Å². The van der Waals surface area contributed by atoms with Crippen molar-refractivity contribution in [3.63, 3.8) is 0 Å². The van der Waals surface area contributed by atoms with Gasteiger partial charge in [0.2, 0.25) is 10.0 Å². The molecule has 2 aromatic rings. The van der Waals surface area contributed by atoms with Gasteiger partial charge in [0.15, 0.2) is 0 Å². The topological polar surface area (TPSA) is 76.2 Å². The minimum atomic E-state index is -3.63. The third-order valence-corrected chi connectivity index (χ3v) is 7.27. The first kappa shape index (κ1) is 19.8. The molecule has 29 heavy (non-hydrogen) atoms. The van der Waals surface area contributed by atoms with Crippen molar-refractivity contribution in [3.8, 4) is 5.75 Å². The first-order valence-corrected chi connectivity index (χ1v) is 10.8. The van der Waals surface area contributed by atoms with E-state index in [-0.39, 0.29) is 17.5 Å². The lowest BCUT2D eigenvalue weighted by molar-refractivity contribution is 0.136. The molecule has 1 saturated heterocycles. The zero-order valence-corrected chi connectivity index (χ0v) is 16.9. The summed E-state index contributed by atoms with van der Waals surface area (Å²) >= 11 is 0. The summed E-state index contributed by atoms with van der Waals surface area (Å²) in [5.41, 5.74) is 2.25. The molecule has 2 radical (unpaired) electrons. The second-order valence-electron chi connectivity index (χ2n) is 7.13. The molecular weight excluding hydrogens is 391 g/mol. The van der Waals surface area contributed by atoms with Crippen molar-refractivity contribution < 1.29 is 22.7 Å². The number of hydrogen-bond acceptors (Lipinski definition) is 5. The number of fused-ring (bicyclic) bond motifs is 1. The molecule has 0 bridgehead atoms. The van der Waals surface area contributed by atoms with Gasteiger partial charge in [-0.05, 0) is 31.0 Å². The first-order valence-electron chi connectivity index (χ1n) is 9.39. The number of methoxy groups -OCH3 is 1. The van der Waals surface area contributed by atoms with Crippen LogP contribution >= 0.6 is 0 Å². The molecule has 1 fully saturated rings. The predicted molar refractivity (Wildman–Crippen MR) is 109 cm³/mol. The molecule has 9 heteroatoms. The van der Waals surface area contributed by atoms with Crippen LogP contribution in [0.5, 0.6) is 5.75 Å². The van der Waals surface area contributed by atoms with Gasteiger partial charge in [0.1, 0.15) is 20.2 Å². The van der Waals surface area contributed by atoms with Crippen LogP contribution in [-0.4, -0.2) is 52.9 Å². The highest BCUT2D eigenvalue weighted by Gasteiger charge is 2.37. The highest BCUT2D eigenvalue weighted by Crippen LogP contribution is 2.32. The number of piperidine rings is 1. The van der Waals surface area contributed by atoms with Gasteiger partial charge in [-0.25, -0.2) is 13.2 Å². The van der Waals surface area contributed by atoms with E-state index in [1.54, 1.807) is 35.2 Å². The van der Waals surface area contributed by atoms with Crippen LogP contribution in [0.3, 0.4) is 0 Å². The van der Waals surface area contributed by atoms with Crippen LogP contribution in [0.15, 0.2) is 47.4 Å². The maximum absolute atomic E-state index is 13.0. The molecule has 0 aliphatic carbocycles. The summed E-state index contributed by atoms with van der Waals surface area (Å²) in [6.45, 7) is 0.829. The monoisotopic (exact) mass is 412 g/mol. The van der Waals surface area contributed by atoms with Gasteiger partial charge in [-0.2, -0.15) is 4.31 Å². The molecule has 7 nitrogen and oxygen atoms in total. The third kappa shape index (κ3) is 3.72. The van der Waals surface area contributed by atoms with Crippen molar-refractivity contribution >= 4 is 35.1 Å². The highest BCUT2D eigenvalue weighted by molar-refractivity contribution is 7.89. The Balaban J connectivity index is 1.52. The lowest BCUT2D eigenvalue weighted by Crippen LogP contribution is -2.50. The summed E-state index contributed by atoms with van der Waals surface area (Å²) in [7, 11) is 3.72. The minimum absolute atomic E-state index is 0.137. The van der Waals surface area contributed by atoms with E-state index in [2.05, 4.69) is 0 Å². The van der Waals surface area contributed by atoms with Crippen molar-refractivity contribution in [2.24, 2.45) is 0 Å². The Morgan fingerprint density at radius 2 is 1.90 bits per heavy atom. The smallest absolute Gasteiger partial charge is 0.414 e.